The second-order valence-corrected chi connectivity index (χ2v) is 24.9. The topological polar surface area (TPSA) is 25.8 Å². The van der Waals surface area contributed by atoms with Crippen LogP contribution in [0.4, 0.5) is 8.78 Å². The number of nitrogens with zero attached hydrogens (tertiary/aromatic N) is 2. The Kier molecular flexibility index (Phi) is 14.0. The van der Waals surface area contributed by atoms with Gasteiger partial charge in [-0.05, 0) is 126 Å². The second-order valence-electron chi connectivity index (χ2n) is 18.3. The van der Waals surface area contributed by atoms with Gasteiger partial charge in [-0.1, -0.05) is 145 Å². The van der Waals surface area contributed by atoms with Gasteiger partial charge < -0.3 is 0 Å². The lowest BCUT2D eigenvalue weighted by Gasteiger charge is -2.31. The van der Waals surface area contributed by atoms with Crippen molar-refractivity contribution in [3.05, 3.63) is 143 Å². The van der Waals surface area contributed by atoms with Gasteiger partial charge in [-0.3, -0.25) is 0 Å². The molecule has 0 N–H and O–H groups in total. The molecule has 0 spiro atoms. The van der Waals surface area contributed by atoms with Crippen molar-refractivity contribution in [3.8, 4) is 65.0 Å². The van der Waals surface area contributed by atoms with Crippen LogP contribution in [0.1, 0.15) is 101 Å². The van der Waals surface area contributed by atoms with Crippen LogP contribution in [0.2, 0.25) is 12.1 Å². The maximum Gasteiger partial charge on any atom is 0.123 e. The highest BCUT2D eigenvalue weighted by Crippen LogP contribution is 2.44. The molecule has 0 saturated carbocycles. The summed E-state index contributed by atoms with van der Waals surface area (Å²) in [5.41, 5.74) is 12.0. The minimum atomic E-state index is -2.07. The molecule has 0 bridgehead atoms. The Labute approximate surface area is 393 Å². The van der Waals surface area contributed by atoms with Gasteiger partial charge in [0.05, 0.1) is 22.4 Å². The fraction of sp³-hybridized carbons (Fsp3) is 0.310. The number of halogens is 2. The van der Waals surface area contributed by atoms with E-state index in [1.54, 1.807) is 46.0 Å². The van der Waals surface area contributed by atoms with Crippen molar-refractivity contribution in [2.75, 3.05) is 0 Å². The van der Waals surface area contributed by atoms with Crippen LogP contribution in [0.5, 0.6) is 0 Å². The molecule has 8 aromatic rings. The van der Waals surface area contributed by atoms with Crippen LogP contribution in [-0.2, 0) is 0 Å². The van der Waals surface area contributed by atoms with Gasteiger partial charge in [-0.2, -0.15) is 0 Å². The molecule has 5 aromatic carbocycles. The normalized spacial score (nSPS) is 12.8. The van der Waals surface area contributed by atoms with Gasteiger partial charge >= 0.3 is 0 Å². The molecule has 0 radical (unpaired) electrons. The fourth-order valence-electron chi connectivity index (χ4n) is 10.2. The van der Waals surface area contributed by atoms with Gasteiger partial charge in [0, 0.05) is 41.8 Å². The summed E-state index contributed by atoms with van der Waals surface area (Å²) in [4.78, 5) is 15.6. The van der Waals surface area contributed by atoms with E-state index in [1.165, 1.54) is 145 Å². The van der Waals surface area contributed by atoms with E-state index in [-0.39, 0.29) is 11.6 Å². The highest BCUT2D eigenvalue weighted by Gasteiger charge is 2.44. The van der Waals surface area contributed by atoms with Gasteiger partial charge in [-0.15, -0.1) is 22.7 Å². The number of fused-ring (bicyclic) bond motifs is 4. The maximum absolute atomic E-state index is 14.3. The van der Waals surface area contributed by atoms with Crippen molar-refractivity contribution in [1.29, 1.82) is 0 Å². The maximum atomic E-state index is 14.3. The molecule has 3 aromatic heterocycles. The summed E-state index contributed by atoms with van der Waals surface area (Å²) in [6, 6.07) is 43.5. The number of benzene rings is 5. The molecule has 1 aliphatic heterocycles. The largest absolute Gasteiger partial charge is 0.243 e. The molecule has 1 aliphatic rings. The van der Waals surface area contributed by atoms with Crippen LogP contribution in [0, 0.1) is 25.5 Å². The van der Waals surface area contributed by atoms with Crippen LogP contribution in [0.15, 0.2) is 121 Å². The smallest absolute Gasteiger partial charge is 0.123 e. The molecule has 65 heavy (non-hydrogen) atoms. The van der Waals surface area contributed by atoms with Crippen LogP contribution in [0.25, 0.3) is 76.0 Å². The van der Waals surface area contributed by atoms with Crippen LogP contribution in [-0.4, -0.2) is 18.0 Å². The lowest BCUT2D eigenvalue weighted by atomic mass is 10.0. The second kappa shape index (κ2) is 20.2. The number of hydrogen-bond donors (Lipinski definition) is 0. The zero-order valence-corrected chi connectivity index (χ0v) is 41.0. The standard InChI is InChI=1S/C58H60F2N2S2Si/c1-5-7-9-11-13-15-35-65(36-16-14-12-10-8-6-2)53-37-39(3)17-28-46(53)47-29-23-43(38-54(47)65)50-33-34-52(64-50)49-31-30-48(51-32-18-40(4)63-51)57-58(49)62-56(42-21-26-45(60)27-22-42)55(61-57)41-19-24-44(59)25-20-41/h17-34,37-38H,5-16,35-36H2,1-4H3. The summed E-state index contributed by atoms with van der Waals surface area (Å²) >= 11 is 3.55. The first-order valence-corrected chi connectivity index (χ1v) is 28.1. The Balaban J connectivity index is 1.15. The Morgan fingerprint density at radius 2 is 0.877 bits per heavy atom. The molecule has 0 fully saturated rings. The highest BCUT2D eigenvalue weighted by molar-refractivity contribution is 7.19. The summed E-state index contributed by atoms with van der Waals surface area (Å²) in [7, 11) is -2.07. The van der Waals surface area contributed by atoms with Gasteiger partial charge in [0.15, 0.2) is 0 Å². The van der Waals surface area contributed by atoms with Crippen molar-refractivity contribution in [3.63, 3.8) is 0 Å². The average molecular weight is 915 g/mol. The molecule has 0 aliphatic carbocycles. The quantitative estimate of drug-likeness (QED) is 0.0597. The third-order valence-electron chi connectivity index (χ3n) is 13.7. The molecule has 0 amide bonds. The monoisotopic (exact) mass is 914 g/mol. The molecule has 7 heteroatoms. The van der Waals surface area contributed by atoms with Gasteiger partial charge in [0.1, 0.15) is 19.7 Å². The van der Waals surface area contributed by atoms with Crippen LogP contribution >= 0.6 is 22.7 Å². The Morgan fingerprint density at radius 1 is 0.431 bits per heavy atom. The van der Waals surface area contributed by atoms with E-state index in [0.29, 0.717) is 11.4 Å². The summed E-state index contributed by atoms with van der Waals surface area (Å²) in [5.74, 6) is -0.633. The molecular formula is C58H60F2N2S2Si. The molecule has 332 valence electrons. The number of hydrogen-bond acceptors (Lipinski definition) is 4. The Hall–Kier alpha value is -5.08. The van der Waals surface area contributed by atoms with Crippen LogP contribution in [0.3, 0.4) is 0 Å². The third kappa shape index (κ3) is 9.48. The zero-order chi connectivity index (χ0) is 44.9. The zero-order valence-electron chi connectivity index (χ0n) is 38.4. The van der Waals surface area contributed by atoms with Crippen molar-refractivity contribution in [2.45, 2.75) is 117 Å². The molecule has 0 unspecified atom stereocenters. The molecule has 0 atom stereocenters. The first-order valence-electron chi connectivity index (χ1n) is 24.1. The summed E-state index contributed by atoms with van der Waals surface area (Å²) in [6.45, 7) is 9.02. The van der Waals surface area contributed by atoms with E-state index in [9.17, 15) is 8.78 Å². The van der Waals surface area contributed by atoms with Crippen LogP contribution < -0.4 is 10.4 Å². The summed E-state index contributed by atoms with van der Waals surface area (Å²) in [5, 5.41) is 3.33. The molecular weight excluding hydrogens is 855 g/mol. The first-order chi connectivity index (χ1) is 31.8. The number of unbranched alkanes of at least 4 members (excludes halogenated alkanes) is 10. The van der Waals surface area contributed by atoms with E-state index in [4.69, 9.17) is 9.97 Å². The number of aryl methyl sites for hydroxylation is 2. The van der Waals surface area contributed by atoms with E-state index < -0.39 is 8.07 Å². The van der Waals surface area contributed by atoms with E-state index in [0.717, 1.165) is 43.0 Å². The van der Waals surface area contributed by atoms with E-state index >= 15 is 0 Å². The predicted octanol–water partition coefficient (Wildman–Crippen LogP) is 17.2. The predicted molar refractivity (Wildman–Crippen MR) is 279 cm³/mol. The summed E-state index contributed by atoms with van der Waals surface area (Å²) in [6.07, 6.45) is 15.9. The van der Waals surface area contributed by atoms with Gasteiger partial charge in [-0.25, -0.2) is 18.7 Å². The van der Waals surface area contributed by atoms with Gasteiger partial charge in [0.2, 0.25) is 0 Å². The Morgan fingerprint density at radius 3 is 1.42 bits per heavy atom. The van der Waals surface area contributed by atoms with Crippen molar-refractivity contribution in [1.82, 2.24) is 9.97 Å². The van der Waals surface area contributed by atoms with Crippen molar-refractivity contribution < 1.29 is 8.78 Å². The lowest BCUT2D eigenvalue weighted by Crippen LogP contribution is -2.55. The number of rotatable bonds is 19. The molecule has 4 heterocycles. The molecule has 9 rings (SSSR count). The first kappa shape index (κ1) is 45.1. The molecule has 2 nitrogen and oxygen atoms in total. The lowest BCUT2D eigenvalue weighted by molar-refractivity contribution is 0.616. The summed E-state index contributed by atoms with van der Waals surface area (Å²) < 4.78 is 28.6. The molecule has 0 saturated heterocycles. The average Bonchev–Trinajstić information content (AvgIpc) is 4.05. The fourth-order valence-corrected chi connectivity index (χ4v) is 17.9. The highest BCUT2D eigenvalue weighted by atomic mass is 32.1. The van der Waals surface area contributed by atoms with E-state index in [2.05, 4.69) is 100 Å². The van der Waals surface area contributed by atoms with Crippen molar-refractivity contribution in [2.24, 2.45) is 0 Å². The SMILES string of the molecule is CCCCCCCC[Si]1(CCCCCCCC)c2cc(C)ccc2-c2ccc(-c3ccc(-c4ccc(-c5ccc(C)s5)c5nc(-c6ccc(F)cc6)c(-c6ccc(F)cc6)nc45)s3)cc21. The van der Waals surface area contributed by atoms with Gasteiger partial charge in [0.25, 0.3) is 0 Å². The minimum Gasteiger partial charge on any atom is -0.243 e. The Bertz CT molecular complexity index is 2900. The number of aromatic nitrogens is 2. The van der Waals surface area contributed by atoms with Crippen molar-refractivity contribution >= 4 is 52.2 Å². The minimum absolute atomic E-state index is 0.316. The third-order valence-corrected chi connectivity index (χ3v) is 21.2. The van der Waals surface area contributed by atoms with E-state index in [1.807, 2.05) is 11.3 Å². The number of thiophene rings is 2.